The molecule has 3 N–H and O–H groups in total. The number of piperidine rings is 1. The number of nitrogens with two attached hydrogens (primary N) is 1. The van der Waals surface area contributed by atoms with Crippen LogP contribution in [0.25, 0.3) is 11.1 Å². The minimum absolute atomic E-state index is 0.0986. The molecule has 2 heterocycles. The third-order valence-corrected chi connectivity index (χ3v) is 7.73. The molecule has 0 radical (unpaired) electrons. The third-order valence-electron chi connectivity index (χ3n) is 7.73. The van der Waals surface area contributed by atoms with Crippen LogP contribution in [0.15, 0.2) is 48.5 Å². The Hall–Kier alpha value is -3.98. The third kappa shape index (κ3) is 7.90. The molecule has 3 aromatic rings. The number of anilines is 1. The zero-order valence-electron chi connectivity index (χ0n) is 25.9. The summed E-state index contributed by atoms with van der Waals surface area (Å²) in [5.74, 6) is -1.65. The summed E-state index contributed by atoms with van der Waals surface area (Å²) < 4.78 is 25.2. The molecule has 1 fully saturated rings. The topological polar surface area (TPSA) is 115 Å². The average Bonchev–Trinajstić information content (AvgIpc) is 2.92. The Morgan fingerprint density at radius 1 is 1.07 bits per heavy atom. The van der Waals surface area contributed by atoms with Crippen LogP contribution in [0, 0.1) is 18.2 Å². The minimum atomic E-state index is -1.46. The maximum absolute atomic E-state index is 13.2. The SMILES string of the molecule is Cc1nc(C(N)=O)c(C(OC(C)(C)C)C(=O)O)c(N2CCC(C)(C)CC2)c1-c1ccc(OCCc2ccc(F)cc2)cc1. The van der Waals surface area contributed by atoms with Gasteiger partial charge in [-0.2, -0.15) is 0 Å². The van der Waals surface area contributed by atoms with Crippen LogP contribution in [-0.2, 0) is 16.0 Å². The number of hydrogen-bond donors (Lipinski definition) is 2. The molecule has 1 saturated heterocycles. The Balaban J connectivity index is 1.78. The number of carboxylic acid groups (broad SMARTS) is 1. The van der Waals surface area contributed by atoms with Crippen LogP contribution >= 0.6 is 0 Å². The van der Waals surface area contributed by atoms with Crippen LogP contribution in [0.2, 0.25) is 0 Å². The molecule has 1 unspecified atom stereocenters. The lowest BCUT2D eigenvalue weighted by Crippen LogP contribution is -2.40. The van der Waals surface area contributed by atoms with Crippen molar-refractivity contribution in [2.24, 2.45) is 11.1 Å². The van der Waals surface area contributed by atoms with E-state index in [-0.39, 0.29) is 22.5 Å². The van der Waals surface area contributed by atoms with Crippen molar-refractivity contribution in [3.05, 3.63) is 76.9 Å². The van der Waals surface area contributed by atoms with Gasteiger partial charge in [0.2, 0.25) is 0 Å². The zero-order valence-corrected chi connectivity index (χ0v) is 25.9. The molecule has 0 aliphatic carbocycles. The molecule has 1 amide bonds. The first kappa shape index (κ1) is 31.9. The van der Waals surface area contributed by atoms with Gasteiger partial charge < -0.3 is 25.2 Å². The Morgan fingerprint density at radius 3 is 2.21 bits per heavy atom. The summed E-state index contributed by atoms with van der Waals surface area (Å²) in [6, 6.07) is 13.9. The van der Waals surface area contributed by atoms with Crippen molar-refractivity contribution in [2.45, 2.75) is 72.5 Å². The van der Waals surface area contributed by atoms with E-state index in [4.69, 9.17) is 15.2 Å². The van der Waals surface area contributed by atoms with E-state index in [2.05, 4.69) is 23.7 Å². The van der Waals surface area contributed by atoms with Crippen molar-refractivity contribution >= 4 is 17.6 Å². The van der Waals surface area contributed by atoms with Gasteiger partial charge in [-0.15, -0.1) is 0 Å². The Kier molecular flexibility index (Phi) is 9.44. The molecule has 9 heteroatoms. The lowest BCUT2D eigenvalue weighted by molar-refractivity contribution is -0.160. The maximum Gasteiger partial charge on any atom is 0.337 e. The summed E-state index contributed by atoms with van der Waals surface area (Å²) in [5.41, 5.74) is 8.88. The average molecular weight is 592 g/mol. The van der Waals surface area contributed by atoms with Gasteiger partial charge in [0.05, 0.1) is 17.9 Å². The van der Waals surface area contributed by atoms with Gasteiger partial charge in [0.15, 0.2) is 6.10 Å². The first-order chi connectivity index (χ1) is 20.1. The molecule has 0 spiro atoms. The molecular formula is C34H42FN3O5. The number of aliphatic carboxylic acids is 1. The number of carboxylic acids is 1. The second kappa shape index (κ2) is 12.7. The number of aromatic nitrogens is 1. The monoisotopic (exact) mass is 591 g/mol. The summed E-state index contributed by atoms with van der Waals surface area (Å²) in [5, 5.41) is 10.4. The zero-order chi connectivity index (χ0) is 31.5. The Bertz CT molecular complexity index is 1450. The summed E-state index contributed by atoms with van der Waals surface area (Å²) in [7, 11) is 0. The highest BCUT2D eigenvalue weighted by Gasteiger charge is 2.38. The number of rotatable bonds is 10. The highest BCUT2D eigenvalue weighted by molar-refractivity contribution is 5.99. The number of halogens is 1. The van der Waals surface area contributed by atoms with Gasteiger partial charge in [-0.3, -0.25) is 4.79 Å². The Labute approximate surface area is 253 Å². The first-order valence-corrected chi connectivity index (χ1v) is 14.6. The molecule has 43 heavy (non-hydrogen) atoms. The molecule has 230 valence electrons. The molecule has 8 nitrogen and oxygen atoms in total. The van der Waals surface area contributed by atoms with E-state index in [1.54, 1.807) is 39.8 Å². The van der Waals surface area contributed by atoms with Gasteiger partial charge in [0, 0.05) is 36.3 Å². The molecule has 4 rings (SSSR count). The van der Waals surface area contributed by atoms with Crippen LogP contribution in [-0.4, -0.2) is 47.3 Å². The van der Waals surface area contributed by atoms with Gasteiger partial charge in [0.1, 0.15) is 17.3 Å². The summed E-state index contributed by atoms with van der Waals surface area (Å²) in [4.78, 5) is 32.2. The number of amides is 1. The van der Waals surface area contributed by atoms with Crippen LogP contribution < -0.4 is 15.4 Å². The summed E-state index contributed by atoms with van der Waals surface area (Å²) >= 11 is 0. The number of carbonyl (C=O) groups excluding carboxylic acids is 1. The lowest BCUT2D eigenvalue weighted by Gasteiger charge is -2.41. The van der Waals surface area contributed by atoms with Crippen LogP contribution in [0.4, 0.5) is 10.1 Å². The van der Waals surface area contributed by atoms with E-state index < -0.39 is 23.6 Å². The minimum Gasteiger partial charge on any atom is -0.493 e. The standard InChI is InChI=1S/C34H42FN3O5/c1-21-26(23-9-13-25(14-10-23)42-20-15-22-7-11-24(35)12-8-22)29(38-18-16-34(5,6)17-19-38)27(28(37-21)31(36)39)30(32(40)41)43-33(2,3)4/h7-14,30H,15-20H2,1-6H3,(H2,36,39)(H,40,41). The van der Waals surface area contributed by atoms with Crippen molar-refractivity contribution in [1.29, 1.82) is 0 Å². The Morgan fingerprint density at radius 2 is 1.67 bits per heavy atom. The lowest BCUT2D eigenvalue weighted by atomic mass is 9.81. The number of ether oxygens (including phenoxy) is 2. The first-order valence-electron chi connectivity index (χ1n) is 14.6. The largest absolute Gasteiger partial charge is 0.493 e. The van der Waals surface area contributed by atoms with Crippen LogP contribution in [0.5, 0.6) is 5.75 Å². The second-order valence-corrected chi connectivity index (χ2v) is 12.9. The van der Waals surface area contributed by atoms with Gasteiger partial charge >= 0.3 is 5.97 Å². The number of pyridine rings is 1. The van der Waals surface area contributed by atoms with E-state index in [0.29, 0.717) is 43.2 Å². The highest BCUT2D eigenvalue weighted by atomic mass is 19.1. The van der Waals surface area contributed by atoms with Crippen molar-refractivity contribution < 1.29 is 28.6 Å². The summed E-state index contributed by atoms with van der Waals surface area (Å²) in [6.07, 6.45) is 0.937. The fourth-order valence-electron chi connectivity index (χ4n) is 5.39. The fraction of sp³-hybridized carbons (Fsp3) is 0.441. The normalized spacial score (nSPS) is 15.7. The molecule has 0 bridgehead atoms. The van der Waals surface area contributed by atoms with Gasteiger partial charge in [-0.1, -0.05) is 38.1 Å². The molecule has 0 saturated carbocycles. The number of nitrogens with zero attached hydrogens (tertiary/aromatic N) is 2. The molecule has 2 aromatic carbocycles. The number of carbonyl (C=O) groups is 2. The molecular weight excluding hydrogens is 549 g/mol. The van der Waals surface area contributed by atoms with E-state index in [1.807, 2.05) is 24.3 Å². The van der Waals surface area contributed by atoms with Crippen LogP contribution in [0.3, 0.4) is 0 Å². The molecule has 1 aliphatic rings. The predicted octanol–water partition coefficient (Wildman–Crippen LogP) is 6.48. The maximum atomic E-state index is 13.2. The van der Waals surface area contributed by atoms with Gasteiger partial charge in [0.25, 0.3) is 5.91 Å². The van der Waals surface area contributed by atoms with Crippen molar-refractivity contribution in [3.63, 3.8) is 0 Å². The quantitative estimate of drug-likeness (QED) is 0.277. The number of hydrogen-bond acceptors (Lipinski definition) is 6. The van der Waals surface area contributed by atoms with Crippen molar-refractivity contribution in [2.75, 3.05) is 24.6 Å². The van der Waals surface area contributed by atoms with E-state index in [9.17, 15) is 19.1 Å². The number of benzene rings is 2. The number of aryl methyl sites for hydroxylation is 1. The summed E-state index contributed by atoms with van der Waals surface area (Å²) in [6.45, 7) is 13.3. The highest BCUT2D eigenvalue weighted by Crippen LogP contribution is 2.45. The van der Waals surface area contributed by atoms with Gasteiger partial charge in [-0.05, 0) is 81.3 Å². The van der Waals surface area contributed by atoms with E-state index in [1.165, 1.54) is 12.1 Å². The molecule has 1 atom stereocenters. The van der Waals surface area contributed by atoms with Gasteiger partial charge in [-0.25, -0.2) is 14.2 Å². The van der Waals surface area contributed by atoms with Crippen LogP contribution in [0.1, 0.15) is 80.9 Å². The smallest absolute Gasteiger partial charge is 0.337 e. The molecule has 1 aliphatic heterocycles. The van der Waals surface area contributed by atoms with E-state index in [0.717, 1.165) is 29.5 Å². The van der Waals surface area contributed by atoms with E-state index >= 15 is 0 Å². The number of primary amides is 1. The van der Waals surface area contributed by atoms with Crippen molar-refractivity contribution in [1.82, 2.24) is 4.98 Å². The fourth-order valence-corrected chi connectivity index (χ4v) is 5.39. The predicted molar refractivity (Wildman–Crippen MR) is 165 cm³/mol. The van der Waals surface area contributed by atoms with Crippen molar-refractivity contribution in [3.8, 4) is 16.9 Å². The second-order valence-electron chi connectivity index (χ2n) is 12.9. The molecule has 1 aromatic heterocycles.